The van der Waals surface area contributed by atoms with E-state index in [1.807, 2.05) is 7.11 Å². The van der Waals surface area contributed by atoms with Crippen LogP contribution in [0.5, 0.6) is 0 Å². The maximum Gasteiger partial charge on any atom is 0.0595 e. The molecule has 1 aliphatic carbocycles. The molecule has 0 unspecified atom stereocenters. The molecule has 0 aromatic heterocycles. The third kappa shape index (κ3) is 3.00. The van der Waals surface area contributed by atoms with Gasteiger partial charge in [0.25, 0.3) is 0 Å². The second kappa shape index (κ2) is 7.06. The van der Waals surface area contributed by atoms with Crippen LogP contribution in [0.4, 0.5) is 0 Å². The summed E-state index contributed by atoms with van der Waals surface area (Å²) >= 11 is 0. The van der Waals surface area contributed by atoms with Crippen molar-refractivity contribution in [3.8, 4) is 11.1 Å². The fraction of sp³-hybridized carbons (Fsp3) is 0.429. The van der Waals surface area contributed by atoms with Gasteiger partial charge >= 0.3 is 0 Å². The van der Waals surface area contributed by atoms with Gasteiger partial charge in [-0.2, -0.15) is 0 Å². The lowest BCUT2D eigenvalue weighted by molar-refractivity contribution is 0.0414. The molecule has 1 fully saturated rings. The number of piperidine rings is 1. The molecule has 4 rings (SSSR count). The van der Waals surface area contributed by atoms with Gasteiger partial charge in [-0.15, -0.1) is 0 Å². The zero-order valence-electron chi connectivity index (χ0n) is 14.4. The predicted molar refractivity (Wildman–Crippen MR) is 98.2 cm³/mol. The summed E-state index contributed by atoms with van der Waals surface area (Å²) in [5, 5.41) is 3.79. The summed E-state index contributed by atoms with van der Waals surface area (Å²) < 4.78 is 5.46. The first-order chi connectivity index (χ1) is 11.9. The van der Waals surface area contributed by atoms with Crippen molar-refractivity contribution < 1.29 is 4.74 Å². The molecule has 0 bridgehead atoms. The number of methoxy groups -OCH3 is 1. The molecule has 0 amide bonds. The Kier molecular flexibility index (Phi) is 4.65. The van der Waals surface area contributed by atoms with E-state index >= 15 is 0 Å². The standard InChI is InChI=1S/C21H26N2O/c1-24-16-10-13-23(14-11-16)15-12-22-21-19-8-4-2-6-17(19)18-7-3-5-9-20(18)21/h2-9,16,21-22H,10-15H2,1H3. The van der Waals surface area contributed by atoms with Gasteiger partial charge in [-0.25, -0.2) is 0 Å². The predicted octanol–water partition coefficient (Wildman–Crippen LogP) is 3.46. The molecule has 2 aromatic rings. The summed E-state index contributed by atoms with van der Waals surface area (Å²) in [5.74, 6) is 0. The Labute approximate surface area is 144 Å². The molecule has 24 heavy (non-hydrogen) atoms. The van der Waals surface area contributed by atoms with E-state index in [1.165, 1.54) is 22.3 Å². The van der Waals surface area contributed by atoms with Gasteiger partial charge in [-0.1, -0.05) is 48.5 Å². The molecule has 0 radical (unpaired) electrons. The smallest absolute Gasteiger partial charge is 0.0595 e. The highest BCUT2D eigenvalue weighted by atomic mass is 16.5. The van der Waals surface area contributed by atoms with Crippen molar-refractivity contribution in [2.75, 3.05) is 33.3 Å². The van der Waals surface area contributed by atoms with Gasteiger partial charge in [0, 0.05) is 33.3 Å². The van der Waals surface area contributed by atoms with Crippen LogP contribution in [0.2, 0.25) is 0 Å². The Hall–Kier alpha value is -1.68. The molecular formula is C21H26N2O. The minimum Gasteiger partial charge on any atom is -0.381 e. The van der Waals surface area contributed by atoms with Gasteiger partial charge in [0.2, 0.25) is 0 Å². The van der Waals surface area contributed by atoms with Gasteiger partial charge in [-0.3, -0.25) is 0 Å². The lowest BCUT2D eigenvalue weighted by Crippen LogP contribution is -2.40. The molecule has 0 saturated carbocycles. The van der Waals surface area contributed by atoms with Crippen LogP contribution in [0.15, 0.2) is 48.5 Å². The Morgan fingerprint density at radius 2 is 1.54 bits per heavy atom. The quantitative estimate of drug-likeness (QED) is 0.912. The lowest BCUT2D eigenvalue weighted by atomic mass is 10.1. The highest BCUT2D eigenvalue weighted by Gasteiger charge is 2.27. The Morgan fingerprint density at radius 1 is 0.958 bits per heavy atom. The summed E-state index contributed by atoms with van der Waals surface area (Å²) in [6.45, 7) is 4.43. The number of nitrogens with one attached hydrogen (secondary N) is 1. The first-order valence-corrected chi connectivity index (χ1v) is 9.03. The first kappa shape index (κ1) is 15.8. The van der Waals surface area contributed by atoms with Gasteiger partial charge in [0.1, 0.15) is 0 Å². The van der Waals surface area contributed by atoms with E-state index in [1.54, 1.807) is 0 Å². The molecule has 126 valence electrons. The molecule has 1 saturated heterocycles. The maximum absolute atomic E-state index is 5.46. The Morgan fingerprint density at radius 3 is 2.12 bits per heavy atom. The molecule has 1 heterocycles. The molecular weight excluding hydrogens is 296 g/mol. The number of rotatable bonds is 5. The van der Waals surface area contributed by atoms with E-state index in [4.69, 9.17) is 4.74 Å². The van der Waals surface area contributed by atoms with E-state index in [9.17, 15) is 0 Å². The largest absolute Gasteiger partial charge is 0.381 e. The molecule has 3 heteroatoms. The van der Waals surface area contributed by atoms with Crippen molar-refractivity contribution in [3.05, 3.63) is 59.7 Å². The molecule has 2 aromatic carbocycles. The number of likely N-dealkylation sites (tertiary alicyclic amines) is 1. The SMILES string of the molecule is COC1CCN(CCNC2c3ccccc3-c3ccccc32)CC1. The van der Waals surface area contributed by atoms with Gasteiger partial charge in [0.05, 0.1) is 12.1 Å². The van der Waals surface area contributed by atoms with E-state index in [-0.39, 0.29) is 0 Å². The van der Waals surface area contributed by atoms with Gasteiger partial charge in [0.15, 0.2) is 0 Å². The summed E-state index contributed by atoms with van der Waals surface area (Å²) in [5.41, 5.74) is 5.59. The molecule has 1 N–H and O–H groups in total. The lowest BCUT2D eigenvalue weighted by Gasteiger charge is -2.31. The number of hydrogen-bond donors (Lipinski definition) is 1. The van der Waals surface area contributed by atoms with Crippen LogP contribution in [0.25, 0.3) is 11.1 Å². The van der Waals surface area contributed by atoms with Crippen LogP contribution in [0.3, 0.4) is 0 Å². The number of nitrogens with zero attached hydrogens (tertiary/aromatic N) is 1. The summed E-state index contributed by atoms with van der Waals surface area (Å²) in [4.78, 5) is 2.55. The molecule has 1 aliphatic heterocycles. The van der Waals surface area contributed by atoms with Crippen molar-refractivity contribution in [2.24, 2.45) is 0 Å². The molecule has 2 aliphatic rings. The second-order valence-corrected chi connectivity index (χ2v) is 6.84. The van der Waals surface area contributed by atoms with Crippen LogP contribution in [-0.2, 0) is 4.74 Å². The van der Waals surface area contributed by atoms with E-state index < -0.39 is 0 Å². The minimum atomic E-state index is 0.328. The minimum absolute atomic E-state index is 0.328. The van der Waals surface area contributed by atoms with Crippen LogP contribution >= 0.6 is 0 Å². The highest BCUT2D eigenvalue weighted by Crippen LogP contribution is 2.42. The number of ether oxygens (including phenoxy) is 1. The first-order valence-electron chi connectivity index (χ1n) is 9.03. The van der Waals surface area contributed by atoms with Crippen molar-refractivity contribution in [1.82, 2.24) is 10.2 Å². The van der Waals surface area contributed by atoms with Gasteiger partial charge in [-0.05, 0) is 35.1 Å². The number of fused-ring (bicyclic) bond motifs is 3. The molecule has 3 nitrogen and oxygen atoms in total. The molecule has 0 spiro atoms. The molecule has 0 atom stereocenters. The van der Waals surface area contributed by atoms with E-state index in [0.29, 0.717) is 12.1 Å². The zero-order chi connectivity index (χ0) is 16.4. The van der Waals surface area contributed by atoms with Gasteiger partial charge < -0.3 is 15.0 Å². The third-order valence-corrected chi connectivity index (χ3v) is 5.48. The fourth-order valence-corrected chi connectivity index (χ4v) is 4.11. The third-order valence-electron chi connectivity index (χ3n) is 5.48. The Balaban J connectivity index is 1.40. The van der Waals surface area contributed by atoms with Crippen molar-refractivity contribution in [2.45, 2.75) is 25.0 Å². The van der Waals surface area contributed by atoms with Crippen molar-refractivity contribution in [3.63, 3.8) is 0 Å². The van der Waals surface area contributed by atoms with Crippen molar-refractivity contribution >= 4 is 0 Å². The van der Waals surface area contributed by atoms with Crippen LogP contribution < -0.4 is 5.32 Å². The van der Waals surface area contributed by atoms with Crippen LogP contribution in [0.1, 0.15) is 30.0 Å². The summed E-state index contributed by atoms with van der Waals surface area (Å²) in [6.07, 6.45) is 2.78. The van der Waals surface area contributed by atoms with Crippen LogP contribution in [0, 0.1) is 0 Å². The fourth-order valence-electron chi connectivity index (χ4n) is 4.11. The highest BCUT2D eigenvalue weighted by molar-refractivity contribution is 5.78. The van der Waals surface area contributed by atoms with E-state index in [0.717, 1.165) is 39.0 Å². The zero-order valence-corrected chi connectivity index (χ0v) is 14.4. The number of benzene rings is 2. The van der Waals surface area contributed by atoms with Crippen LogP contribution in [-0.4, -0.2) is 44.3 Å². The summed E-state index contributed by atoms with van der Waals surface area (Å²) in [6, 6.07) is 17.9. The Bertz CT molecular complexity index is 646. The van der Waals surface area contributed by atoms with Crippen molar-refractivity contribution in [1.29, 1.82) is 0 Å². The second-order valence-electron chi connectivity index (χ2n) is 6.84. The normalized spacial score (nSPS) is 18.5. The topological polar surface area (TPSA) is 24.5 Å². The summed E-state index contributed by atoms with van der Waals surface area (Å²) in [7, 11) is 1.83. The van der Waals surface area contributed by atoms with E-state index in [2.05, 4.69) is 58.7 Å². The number of hydrogen-bond acceptors (Lipinski definition) is 3. The maximum atomic E-state index is 5.46. The monoisotopic (exact) mass is 322 g/mol. The average Bonchev–Trinajstić information content (AvgIpc) is 2.97. The average molecular weight is 322 g/mol.